The van der Waals surface area contributed by atoms with Crippen LogP contribution < -0.4 is 0 Å². The fourth-order valence-electron chi connectivity index (χ4n) is 12.0. The standard InChI is InChI=1S/C36H64O10/c1-31(2)22-10-15-34(6)23(33(22,5)13-11-24(31)39)17-20(38)26-19(9-14-35(26,34)7)36(8,16-12-25(40)32(3,4)44)46-30-29(43)28(42)27(41)21(18-37)45-30/h19-30,37-44H,9-18H2,1-8H3/t19-,20+,21+,22-,23+,24-,25+,26-,27+,28-,29+,30-,33-,34+,35+,36-/m0/s1. The van der Waals surface area contributed by atoms with Crippen molar-refractivity contribution >= 4 is 0 Å². The van der Waals surface area contributed by atoms with E-state index in [4.69, 9.17) is 9.47 Å². The summed E-state index contributed by atoms with van der Waals surface area (Å²) in [4.78, 5) is 0. The van der Waals surface area contributed by atoms with Gasteiger partial charge < -0.3 is 50.3 Å². The van der Waals surface area contributed by atoms with E-state index in [1.165, 1.54) is 0 Å². The number of aliphatic hydroxyl groups excluding tert-OH is 7. The van der Waals surface area contributed by atoms with E-state index in [-0.39, 0.29) is 58.4 Å². The third kappa shape index (κ3) is 5.53. The lowest BCUT2D eigenvalue weighted by atomic mass is 9.35. The molecule has 1 heterocycles. The molecule has 0 spiro atoms. The number of ether oxygens (including phenoxy) is 2. The van der Waals surface area contributed by atoms with Crippen molar-refractivity contribution in [2.24, 2.45) is 45.3 Å². The molecule has 10 heteroatoms. The van der Waals surface area contributed by atoms with Crippen LogP contribution in [0.1, 0.15) is 113 Å². The molecule has 8 N–H and O–H groups in total. The van der Waals surface area contributed by atoms with E-state index < -0.39 is 60.7 Å². The maximum Gasteiger partial charge on any atom is 0.187 e. The Morgan fingerprint density at radius 1 is 0.826 bits per heavy atom. The van der Waals surface area contributed by atoms with Gasteiger partial charge in [-0.15, -0.1) is 0 Å². The van der Waals surface area contributed by atoms with Gasteiger partial charge in [0.25, 0.3) is 0 Å². The smallest absolute Gasteiger partial charge is 0.187 e. The summed E-state index contributed by atoms with van der Waals surface area (Å²) in [6.07, 6.45) is -2.76. The van der Waals surface area contributed by atoms with E-state index in [1.807, 2.05) is 6.92 Å². The minimum Gasteiger partial charge on any atom is -0.394 e. The molecule has 268 valence electrons. The molecule has 0 aromatic rings. The first-order chi connectivity index (χ1) is 21.1. The molecule has 5 fully saturated rings. The van der Waals surface area contributed by atoms with Crippen LogP contribution in [0.4, 0.5) is 0 Å². The molecule has 0 unspecified atom stereocenters. The second-order valence-electron chi connectivity index (χ2n) is 18.2. The molecule has 0 aromatic heterocycles. The zero-order valence-corrected chi connectivity index (χ0v) is 29.4. The van der Waals surface area contributed by atoms with Gasteiger partial charge >= 0.3 is 0 Å². The van der Waals surface area contributed by atoms with Crippen LogP contribution in [-0.4, -0.2) is 108 Å². The predicted molar refractivity (Wildman–Crippen MR) is 171 cm³/mol. The Balaban J connectivity index is 1.49. The molecule has 0 aromatic carbocycles. The molecular weight excluding hydrogens is 592 g/mol. The fraction of sp³-hybridized carbons (Fsp3) is 1.00. The lowest BCUT2D eigenvalue weighted by Gasteiger charge is -2.70. The van der Waals surface area contributed by atoms with Crippen molar-refractivity contribution in [1.29, 1.82) is 0 Å². The molecule has 0 bridgehead atoms. The molecule has 0 radical (unpaired) electrons. The van der Waals surface area contributed by atoms with Crippen molar-refractivity contribution in [2.75, 3.05) is 6.61 Å². The molecule has 46 heavy (non-hydrogen) atoms. The van der Waals surface area contributed by atoms with Gasteiger partial charge in [0.2, 0.25) is 0 Å². The zero-order chi connectivity index (χ0) is 34.4. The van der Waals surface area contributed by atoms with Crippen molar-refractivity contribution in [2.45, 2.75) is 173 Å². The third-order valence-electron chi connectivity index (χ3n) is 15.1. The maximum absolute atomic E-state index is 12.3. The zero-order valence-electron chi connectivity index (χ0n) is 29.4. The molecule has 5 aliphatic rings. The van der Waals surface area contributed by atoms with E-state index in [0.717, 1.165) is 38.5 Å². The molecule has 0 amide bonds. The Morgan fingerprint density at radius 2 is 1.46 bits per heavy atom. The monoisotopic (exact) mass is 656 g/mol. The Bertz CT molecular complexity index is 1090. The van der Waals surface area contributed by atoms with Gasteiger partial charge in [-0.3, -0.25) is 0 Å². The van der Waals surface area contributed by atoms with Gasteiger partial charge in [0.05, 0.1) is 36.1 Å². The lowest BCUT2D eigenvalue weighted by molar-refractivity contribution is -0.336. The van der Waals surface area contributed by atoms with E-state index >= 15 is 0 Å². The van der Waals surface area contributed by atoms with E-state index in [1.54, 1.807) is 13.8 Å². The summed E-state index contributed by atoms with van der Waals surface area (Å²) in [5, 5.41) is 86.5. The quantitative estimate of drug-likeness (QED) is 0.193. The van der Waals surface area contributed by atoms with Crippen LogP contribution >= 0.6 is 0 Å². The molecule has 16 atom stereocenters. The van der Waals surface area contributed by atoms with Crippen molar-refractivity contribution in [3.8, 4) is 0 Å². The molecule has 4 aliphatic carbocycles. The summed E-state index contributed by atoms with van der Waals surface area (Å²) in [5.74, 6) is 0.261. The first-order valence-corrected chi connectivity index (χ1v) is 17.8. The fourth-order valence-corrected chi connectivity index (χ4v) is 12.0. The predicted octanol–water partition coefficient (Wildman–Crippen LogP) is 2.49. The molecule has 1 aliphatic heterocycles. The van der Waals surface area contributed by atoms with Gasteiger partial charge in [-0.2, -0.15) is 0 Å². The van der Waals surface area contributed by atoms with E-state index in [0.29, 0.717) is 12.3 Å². The van der Waals surface area contributed by atoms with Gasteiger partial charge in [0, 0.05) is 0 Å². The Labute approximate surface area is 275 Å². The van der Waals surface area contributed by atoms with Crippen molar-refractivity contribution in [3.63, 3.8) is 0 Å². The van der Waals surface area contributed by atoms with E-state index in [9.17, 15) is 40.9 Å². The molecular formula is C36H64O10. The van der Waals surface area contributed by atoms with Gasteiger partial charge in [-0.05, 0) is 124 Å². The second kappa shape index (κ2) is 12.1. The van der Waals surface area contributed by atoms with Crippen LogP contribution in [0.15, 0.2) is 0 Å². The maximum atomic E-state index is 12.3. The van der Waals surface area contributed by atoms with E-state index in [2.05, 4.69) is 34.6 Å². The van der Waals surface area contributed by atoms with Gasteiger partial charge in [-0.1, -0.05) is 34.6 Å². The lowest BCUT2D eigenvalue weighted by Crippen LogP contribution is -2.67. The summed E-state index contributed by atoms with van der Waals surface area (Å²) in [6, 6.07) is 0. The minimum atomic E-state index is -1.59. The normalized spacial score (nSPS) is 51.0. The summed E-state index contributed by atoms with van der Waals surface area (Å²) in [5.41, 5.74) is -2.96. The van der Waals surface area contributed by atoms with Crippen LogP contribution in [0.2, 0.25) is 0 Å². The molecule has 4 saturated carbocycles. The largest absolute Gasteiger partial charge is 0.394 e. The molecule has 5 rings (SSSR count). The highest BCUT2D eigenvalue weighted by atomic mass is 16.7. The topological polar surface area (TPSA) is 180 Å². The minimum absolute atomic E-state index is 0.0181. The Kier molecular flexibility index (Phi) is 9.72. The van der Waals surface area contributed by atoms with Crippen molar-refractivity contribution in [3.05, 3.63) is 0 Å². The molecule has 1 saturated heterocycles. The van der Waals surface area contributed by atoms with Crippen molar-refractivity contribution in [1.82, 2.24) is 0 Å². The average Bonchev–Trinajstić information content (AvgIpc) is 3.35. The van der Waals surface area contributed by atoms with Gasteiger partial charge in [0.1, 0.15) is 24.4 Å². The first kappa shape index (κ1) is 36.9. The molecule has 10 nitrogen and oxygen atoms in total. The number of rotatable bonds is 8. The van der Waals surface area contributed by atoms with Gasteiger partial charge in [0.15, 0.2) is 6.29 Å². The van der Waals surface area contributed by atoms with Crippen LogP contribution in [0.5, 0.6) is 0 Å². The summed E-state index contributed by atoms with van der Waals surface area (Å²) in [7, 11) is 0. The Hall–Kier alpha value is -0.400. The van der Waals surface area contributed by atoms with Crippen molar-refractivity contribution < 1.29 is 50.3 Å². The Morgan fingerprint density at radius 3 is 2.07 bits per heavy atom. The summed E-state index contributed by atoms with van der Waals surface area (Å²) in [6.45, 7) is 16.0. The number of fused-ring (bicyclic) bond motifs is 5. The van der Waals surface area contributed by atoms with Gasteiger partial charge in [-0.25, -0.2) is 0 Å². The summed E-state index contributed by atoms with van der Waals surface area (Å²) >= 11 is 0. The summed E-state index contributed by atoms with van der Waals surface area (Å²) < 4.78 is 12.5. The van der Waals surface area contributed by atoms with Crippen LogP contribution in [0.25, 0.3) is 0 Å². The SMILES string of the molecule is CC(C)(O)[C@H](O)CC[C@](C)(O[C@@H]1O[C@H](CO)[C@@H](O)[C@H](O)[C@H]1O)[C@H]1CC[C@]2(C)[C@@H]1[C@H](O)C[C@@H]1[C@@]3(C)CC[C@H](O)C(C)(C)[C@@H]3CC[C@]12C. The third-order valence-corrected chi connectivity index (χ3v) is 15.1. The second-order valence-corrected chi connectivity index (χ2v) is 18.2. The number of aliphatic hydroxyl groups is 8. The number of hydrogen-bond acceptors (Lipinski definition) is 10. The van der Waals surface area contributed by atoms with Crippen LogP contribution in [0.3, 0.4) is 0 Å². The highest BCUT2D eigenvalue weighted by Crippen LogP contribution is 2.76. The van der Waals surface area contributed by atoms with Crippen LogP contribution in [0, 0.1) is 45.3 Å². The van der Waals surface area contributed by atoms with Crippen LogP contribution in [-0.2, 0) is 9.47 Å². The highest BCUT2D eigenvalue weighted by molar-refractivity contribution is 5.20. The first-order valence-electron chi connectivity index (χ1n) is 17.8. The highest BCUT2D eigenvalue weighted by Gasteiger charge is 2.71. The average molecular weight is 657 g/mol. The number of hydrogen-bond donors (Lipinski definition) is 8.